The molecule has 0 radical (unpaired) electrons. The molecule has 0 aliphatic carbocycles. The molecule has 1 amide bonds. The number of thiazole rings is 1. The van der Waals surface area contributed by atoms with E-state index >= 15 is 0 Å². The monoisotopic (exact) mass is 406 g/mol. The second kappa shape index (κ2) is 8.89. The molecule has 0 saturated carbocycles. The molecule has 3 rings (SSSR count). The molecule has 0 atom stereocenters. The van der Waals surface area contributed by atoms with Crippen LogP contribution in [0.25, 0.3) is 10.2 Å². The van der Waals surface area contributed by atoms with Crippen molar-refractivity contribution in [1.82, 2.24) is 4.57 Å². The predicted octanol–water partition coefficient (Wildman–Crippen LogP) is 3.92. The summed E-state index contributed by atoms with van der Waals surface area (Å²) in [6, 6.07) is 13.2. The molecule has 0 N–H and O–H groups in total. The van der Waals surface area contributed by atoms with Crippen LogP contribution in [0, 0.1) is 12.3 Å². The summed E-state index contributed by atoms with van der Waals surface area (Å²) in [5.41, 5.74) is 3.42. The van der Waals surface area contributed by atoms with Crippen LogP contribution in [0.4, 0.5) is 0 Å². The fourth-order valence-electron chi connectivity index (χ4n) is 2.99. The van der Waals surface area contributed by atoms with E-state index in [-0.39, 0.29) is 18.9 Å². The molecular weight excluding hydrogens is 384 g/mol. The Morgan fingerprint density at radius 3 is 2.55 bits per heavy atom. The number of hydrogen-bond acceptors (Lipinski definition) is 4. The van der Waals surface area contributed by atoms with Crippen molar-refractivity contribution in [2.75, 3.05) is 7.11 Å². The van der Waals surface area contributed by atoms with Crippen LogP contribution in [-0.4, -0.2) is 23.6 Å². The van der Waals surface area contributed by atoms with Crippen LogP contribution in [-0.2, 0) is 22.5 Å². The van der Waals surface area contributed by atoms with E-state index in [1.165, 1.54) is 24.0 Å². The van der Waals surface area contributed by atoms with Crippen LogP contribution in [0.1, 0.15) is 41.3 Å². The molecule has 1 aromatic heterocycles. The Kier molecular flexibility index (Phi) is 6.30. The summed E-state index contributed by atoms with van der Waals surface area (Å²) in [6.45, 7) is 4.55. The third kappa shape index (κ3) is 4.64. The van der Waals surface area contributed by atoms with E-state index in [2.05, 4.69) is 24.8 Å². The number of terminal acetylenes is 1. The summed E-state index contributed by atoms with van der Waals surface area (Å²) in [4.78, 5) is 29.2. The molecule has 0 aliphatic rings. The third-order valence-electron chi connectivity index (χ3n) is 4.58. The number of benzene rings is 2. The Morgan fingerprint density at radius 2 is 1.93 bits per heavy atom. The number of carbonyl (C=O) groups excluding carboxylic acids is 2. The van der Waals surface area contributed by atoms with E-state index in [0.29, 0.717) is 16.3 Å². The van der Waals surface area contributed by atoms with E-state index in [4.69, 9.17) is 11.2 Å². The molecular formula is C23H22N2O3S. The van der Waals surface area contributed by atoms with Crippen LogP contribution in [0.15, 0.2) is 47.5 Å². The summed E-state index contributed by atoms with van der Waals surface area (Å²) >= 11 is 1.32. The van der Waals surface area contributed by atoms with Gasteiger partial charge in [-0.3, -0.25) is 4.79 Å². The highest BCUT2D eigenvalue weighted by Crippen LogP contribution is 2.20. The van der Waals surface area contributed by atoms with Crippen molar-refractivity contribution in [3.05, 3.63) is 64.0 Å². The quantitative estimate of drug-likeness (QED) is 0.477. The zero-order valence-electron chi connectivity index (χ0n) is 16.6. The van der Waals surface area contributed by atoms with Crippen LogP contribution in [0.5, 0.6) is 0 Å². The molecule has 0 spiro atoms. The summed E-state index contributed by atoms with van der Waals surface area (Å²) in [6.07, 6.45) is 5.72. The predicted molar refractivity (Wildman–Crippen MR) is 115 cm³/mol. The van der Waals surface area contributed by atoms with E-state index in [0.717, 1.165) is 15.8 Å². The minimum atomic E-state index is -0.414. The van der Waals surface area contributed by atoms with Gasteiger partial charge in [-0.05, 0) is 35.2 Å². The molecule has 2 aromatic carbocycles. The van der Waals surface area contributed by atoms with Gasteiger partial charge in [0.25, 0.3) is 5.91 Å². The largest absolute Gasteiger partial charge is 0.465 e. The Morgan fingerprint density at radius 1 is 1.21 bits per heavy atom. The molecule has 6 heteroatoms. The van der Waals surface area contributed by atoms with Crippen LogP contribution in [0.2, 0.25) is 0 Å². The van der Waals surface area contributed by atoms with Crippen LogP contribution in [0.3, 0.4) is 0 Å². The van der Waals surface area contributed by atoms with Gasteiger partial charge in [0.05, 0.1) is 35.9 Å². The van der Waals surface area contributed by atoms with Gasteiger partial charge in [0.2, 0.25) is 0 Å². The normalized spacial score (nSPS) is 11.6. The van der Waals surface area contributed by atoms with Gasteiger partial charge in [0.15, 0.2) is 4.80 Å². The zero-order valence-corrected chi connectivity index (χ0v) is 17.5. The van der Waals surface area contributed by atoms with Crippen molar-refractivity contribution in [1.29, 1.82) is 0 Å². The molecule has 0 saturated heterocycles. The maximum absolute atomic E-state index is 12.6. The maximum Gasteiger partial charge on any atom is 0.337 e. The number of ether oxygens (including phenoxy) is 1. The smallest absolute Gasteiger partial charge is 0.337 e. The van der Waals surface area contributed by atoms with Crippen molar-refractivity contribution < 1.29 is 14.3 Å². The Labute approximate surface area is 173 Å². The lowest BCUT2D eigenvalue weighted by molar-refractivity contribution is -0.117. The Balaban J connectivity index is 1.95. The van der Waals surface area contributed by atoms with E-state index in [9.17, 15) is 9.59 Å². The summed E-state index contributed by atoms with van der Waals surface area (Å²) in [7, 11) is 1.34. The third-order valence-corrected chi connectivity index (χ3v) is 5.62. The molecule has 0 bridgehead atoms. The maximum atomic E-state index is 12.6. The lowest BCUT2D eigenvalue weighted by atomic mass is 10.0. The number of hydrogen-bond donors (Lipinski definition) is 0. The number of fused-ring (bicyclic) bond motifs is 1. The lowest BCUT2D eigenvalue weighted by Crippen LogP contribution is -2.17. The molecule has 0 unspecified atom stereocenters. The lowest BCUT2D eigenvalue weighted by Gasteiger charge is -2.05. The zero-order chi connectivity index (χ0) is 21.0. The van der Waals surface area contributed by atoms with E-state index < -0.39 is 5.97 Å². The van der Waals surface area contributed by atoms with Gasteiger partial charge < -0.3 is 9.30 Å². The topological polar surface area (TPSA) is 60.7 Å². The average Bonchev–Trinajstić information content (AvgIpc) is 3.04. The minimum Gasteiger partial charge on any atom is -0.465 e. The highest BCUT2D eigenvalue weighted by atomic mass is 32.1. The number of rotatable bonds is 5. The number of aromatic nitrogens is 1. The van der Waals surface area contributed by atoms with Crippen molar-refractivity contribution >= 4 is 33.4 Å². The fraction of sp³-hybridized carbons (Fsp3) is 0.261. The SMILES string of the molecule is C#CCn1c(=NC(=O)Cc2ccc(C(C)C)cc2)sc2cc(C(=O)OC)ccc21. The molecule has 148 valence electrons. The first-order valence-corrected chi connectivity index (χ1v) is 10.1. The fourth-order valence-corrected chi connectivity index (χ4v) is 4.07. The summed E-state index contributed by atoms with van der Waals surface area (Å²) < 4.78 is 7.39. The van der Waals surface area contributed by atoms with Gasteiger partial charge in [-0.2, -0.15) is 4.99 Å². The van der Waals surface area contributed by atoms with Crippen molar-refractivity contribution in [2.24, 2.45) is 4.99 Å². The second-order valence-electron chi connectivity index (χ2n) is 6.93. The number of esters is 1. The van der Waals surface area contributed by atoms with Gasteiger partial charge in [0, 0.05) is 0 Å². The summed E-state index contributed by atoms with van der Waals surface area (Å²) in [5, 5.41) is 0. The molecule has 3 aromatic rings. The molecule has 5 nitrogen and oxygen atoms in total. The first kappa shape index (κ1) is 20.6. The first-order valence-electron chi connectivity index (χ1n) is 9.24. The van der Waals surface area contributed by atoms with Crippen LogP contribution < -0.4 is 4.80 Å². The first-order chi connectivity index (χ1) is 13.9. The van der Waals surface area contributed by atoms with Gasteiger partial charge in [0.1, 0.15) is 0 Å². The second-order valence-corrected chi connectivity index (χ2v) is 7.94. The highest BCUT2D eigenvalue weighted by Gasteiger charge is 2.12. The van der Waals surface area contributed by atoms with Crippen molar-refractivity contribution in [3.8, 4) is 12.3 Å². The molecule has 0 fully saturated rings. The van der Waals surface area contributed by atoms with Gasteiger partial charge >= 0.3 is 5.97 Å². The molecule has 1 heterocycles. The molecule has 0 aliphatic heterocycles. The Hall–Kier alpha value is -3.17. The van der Waals surface area contributed by atoms with Gasteiger partial charge in [-0.25, -0.2) is 4.79 Å². The standard InChI is InChI=1S/C23H22N2O3S/c1-5-12-25-19-11-10-18(22(27)28-4)14-20(19)29-23(25)24-21(26)13-16-6-8-17(9-7-16)15(2)3/h1,6-11,14-15H,12-13H2,2-4H3. The number of carbonyl (C=O) groups is 2. The van der Waals surface area contributed by atoms with Crippen LogP contribution >= 0.6 is 11.3 Å². The average molecular weight is 407 g/mol. The highest BCUT2D eigenvalue weighted by molar-refractivity contribution is 7.16. The van der Waals surface area contributed by atoms with Gasteiger partial charge in [-0.15, -0.1) is 6.42 Å². The summed E-state index contributed by atoms with van der Waals surface area (Å²) in [5.74, 6) is 2.39. The van der Waals surface area contributed by atoms with Crippen molar-refractivity contribution in [2.45, 2.75) is 32.7 Å². The number of nitrogens with zero attached hydrogens (tertiary/aromatic N) is 2. The molecule has 29 heavy (non-hydrogen) atoms. The van der Waals surface area contributed by atoms with E-state index in [1.807, 2.05) is 24.3 Å². The Bertz CT molecular complexity index is 1160. The minimum absolute atomic E-state index is 0.218. The van der Waals surface area contributed by atoms with Gasteiger partial charge in [-0.1, -0.05) is 55.4 Å². The number of methoxy groups -OCH3 is 1. The van der Waals surface area contributed by atoms with E-state index in [1.54, 1.807) is 22.8 Å². The van der Waals surface area contributed by atoms with Crippen molar-refractivity contribution in [3.63, 3.8) is 0 Å². The number of amides is 1.